The number of anilines is 1. The van der Waals surface area contributed by atoms with Gasteiger partial charge in [-0.3, -0.25) is 9.59 Å². The van der Waals surface area contributed by atoms with Crippen molar-refractivity contribution in [1.29, 1.82) is 0 Å². The molecule has 3 aromatic rings. The minimum absolute atomic E-state index is 0.0173. The molecule has 1 aromatic heterocycles. The summed E-state index contributed by atoms with van der Waals surface area (Å²) in [5, 5.41) is 3.94. The fraction of sp³-hybridized carbons (Fsp3) is 0.348. The van der Waals surface area contributed by atoms with Gasteiger partial charge in [-0.2, -0.15) is 0 Å². The van der Waals surface area contributed by atoms with Crippen LogP contribution in [0.15, 0.2) is 54.6 Å². The van der Waals surface area contributed by atoms with E-state index in [1.165, 1.54) is 4.70 Å². The van der Waals surface area contributed by atoms with Crippen LogP contribution in [0.4, 0.5) is 5.69 Å². The number of hydrogen-bond donors (Lipinski definition) is 1. The Bertz CT molecular complexity index is 922. The van der Waals surface area contributed by atoms with Crippen LogP contribution in [0.5, 0.6) is 0 Å². The summed E-state index contributed by atoms with van der Waals surface area (Å²) in [5.74, 6) is -0.146. The zero-order valence-electron chi connectivity index (χ0n) is 16.9. The average molecular weight is 410 g/mol. The van der Waals surface area contributed by atoms with Gasteiger partial charge in [0.25, 0.3) is 0 Å². The third kappa shape index (κ3) is 5.64. The molecule has 5 nitrogen and oxygen atoms in total. The first-order valence-electron chi connectivity index (χ1n) is 10.1. The van der Waals surface area contributed by atoms with Crippen LogP contribution in [0.1, 0.15) is 38.1 Å². The van der Waals surface area contributed by atoms with Crippen molar-refractivity contribution in [3.8, 4) is 0 Å². The first-order valence-corrected chi connectivity index (χ1v) is 10.9. The standard InChI is InChI=1S/C23H27N3O2S/c1-3-16-26(17(2)23(28)24-18-10-5-4-6-11-18)22(27)15-9-14-21-25-19-12-7-8-13-20(19)29-21/h4-8,10-13,17H,3,9,14-16H2,1-2H3,(H,24,28). The van der Waals surface area contributed by atoms with Crippen molar-refractivity contribution in [3.05, 3.63) is 59.6 Å². The molecule has 3 rings (SSSR count). The maximum absolute atomic E-state index is 12.8. The second-order valence-corrected chi connectivity index (χ2v) is 8.16. The van der Waals surface area contributed by atoms with Gasteiger partial charge in [-0.1, -0.05) is 37.3 Å². The number of aryl methyl sites for hydroxylation is 1. The third-order valence-electron chi connectivity index (χ3n) is 4.79. The van der Waals surface area contributed by atoms with Crippen LogP contribution in [-0.2, 0) is 16.0 Å². The highest BCUT2D eigenvalue weighted by Gasteiger charge is 2.25. The van der Waals surface area contributed by atoms with Gasteiger partial charge in [0.1, 0.15) is 6.04 Å². The normalized spacial score (nSPS) is 11.9. The highest BCUT2D eigenvalue weighted by Crippen LogP contribution is 2.23. The van der Waals surface area contributed by atoms with E-state index in [0.717, 1.165) is 35.5 Å². The first kappa shape index (κ1) is 21.0. The van der Waals surface area contributed by atoms with Crippen molar-refractivity contribution in [2.75, 3.05) is 11.9 Å². The lowest BCUT2D eigenvalue weighted by Gasteiger charge is -2.28. The second kappa shape index (κ2) is 10.2. The van der Waals surface area contributed by atoms with Crippen molar-refractivity contribution >= 4 is 39.1 Å². The number of nitrogens with zero attached hydrogens (tertiary/aromatic N) is 2. The summed E-state index contributed by atoms with van der Waals surface area (Å²) in [5.41, 5.74) is 1.75. The summed E-state index contributed by atoms with van der Waals surface area (Å²) in [7, 11) is 0. The number of hydrogen-bond acceptors (Lipinski definition) is 4. The van der Waals surface area contributed by atoms with Crippen LogP contribution in [0.3, 0.4) is 0 Å². The maximum atomic E-state index is 12.8. The molecule has 0 fully saturated rings. The second-order valence-electron chi connectivity index (χ2n) is 7.05. The predicted molar refractivity (Wildman–Crippen MR) is 119 cm³/mol. The molecule has 2 amide bonds. The molecule has 0 aliphatic heterocycles. The lowest BCUT2D eigenvalue weighted by atomic mass is 10.1. The molecule has 0 saturated carbocycles. The SMILES string of the molecule is CCCN(C(=O)CCCc1nc2ccccc2s1)C(C)C(=O)Nc1ccccc1. The molecule has 152 valence electrons. The number of nitrogens with one attached hydrogen (secondary N) is 1. The van der Waals surface area contributed by atoms with E-state index in [0.29, 0.717) is 13.0 Å². The largest absolute Gasteiger partial charge is 0.331 e. The number of fused-ring (bicyclic) bond motifs is 1. The van der Waals surface area contributed by atoms with Gasteiger partial charge in [-0.15, -0.1) is 11.3 Å². The van der Waals surface area contributed by atoms with E-state index in [1.807, 2.05) is 55.5 Å². The molecule has 2 aromatic carbocycles. The van der Waals surface area contributed by atoms with Gasteiger partial charge in [-0.05, 0) is 50.5 Å². The fourth-order valence-electron chi connectivity index (χ4n) is 3.25. The van der Waals surface area contributed by atoms with Crippen LogP contribution in [0.25, 0.3) is 10.2 Å². The first-order chi connectivity index (χ1) is 14.1. The molecule has 0 radical (unpaired) electrons. The maximum Gasteiger partial charge on any atom is 0.246 e. The van der Waals surface area contributed by atoms with Gasteiger partial charge in [0.05, 0.1) is 15.2 Å². The van der Waals surface area contributed by atoms with Gasteiger partial charge in [0.2, 0.25) is 11.8 Å². The Hall–Kier alpha value is -2.73. The number of carbonyl (C=O) groups is 2. The fourth-order valence-corrected chi connectivity index (χ4v) is 4.26. The molecular formula is C23H27N3O2S. The van der Waals surface area contributed by atoms with E-state index in [-0.39, 0.29) is 11.8 Å². The summed E-state index contributed by atoms with van der Waals surface area (Å²) in [6, 6.07) is 16.9. The topological polar surface area (TPSA) is 62.3 Å². The molecule has 1 unspecified atom stereocenters. The minimum Gasteiger partial charge on any atom is -0.331 e. The zero-order chi connectivity index (χ0) is 20.6. The van der Waals surface area contributed by atoms with E-state index in [2.05, 4.69) is 16.4 Å². The Kier molecular flexibility index (Phi) is 7.36. The molecule has 0 saturated heterocycles. The van der Waals surface area contributed by atoms with E-state index in [4.69, 9.17) is 0 Å². The van der Waals surface area contributed by atoms with Gasteiger partial charge in [0.15, 0.2) is 0 Å². The van der Waals surface area contributed by atoms with E-state index in [9.17, 15) is 9.59 Å². The number of para-hydroxylation sites is 2. The molecule has 6 heteroatoms. The summed E-state index contributed by atoms with van der Waals surface area (Å²) < 4.78 is 1.17. The lowest BCUT2D eigenvalue weighted by Crippen LogP contribution is -2.46. The Morgan fingerprint density at radius 3 is 2.55 bits per heavy atom. The van der Waals surface area contributed by atoms with Gasteiger partial charge in [-0.25, -0.2) is 4.98 Å². The van der Waals surface area contributed by atoms with E-state index in [1.54, 1.807) is 23.2 Å². The predicted octanol–water partition coefficient (Wildman–Crippen LogP) is 4.88. The van der Waals surface area contributed by atoms with Crippen molar-refractivity contribution in [3.63, 3.8) is 0 Å². The Balaban J connectivity index is 1.55. The van der Waals surface area contributed by atoms with Crippen LogP contribution in [-0.4, -0.2) is 34.3 Å². The van der Waals surface area contributed by atoms with Crippen LogP contribution < -0.4 is 5.32 Å². The monoisotopic (exact) mass is 409 g/mol. The highest BCUT2D eigenvalue weighted by molar-refractivity contribution is 7.18. The summed E-state index contributed by atoms with van der Waals surface area (Å²) in [4.78, 5) is 31.8. The molecule has 29 heavy (non-hydrogen) atoms. The summed E-state index contributed by atoms with van der Waals surface area (Å²) in [6.07, 6.45) is 2.73. The lowest BCUT2D eigenvalue weighted by molar-refractivity contribution is -0.138. The van der Waals surface area contributed by atoms with Crippen molar-refractivity contribution < 1.29 is 9.59 Å². The van der Waals surface area contributed by atoms with Crippen molar-refractivity contribution in [1.82, 2.24) is 9.88 Å². The molecule has 0 spiro atoms. The van der Waals surface area contributed by atoms with E-state index < -0.39 is 6.04 Å². The summed E-state index contributed by atoms with van der Waals surface area (Å²) >= 11 is 1.68. The quantitative estimate of drug-likeness (QED) is 0.548. The molecule has 0 aliphatic carbocycles. The molecule has 1 heterocycles. The van der Waals surface area contributed by atoms with Gasteiger partial charge >= 0.3 is 0 Å². The Labute approximate surface area is 175 Å². The van der Waals surface area contributed by atoms with Crippen LogP contribution in [0.2, 0.25) is 0 Å². The van der Waals surface area contributed by atoms with Gasteiger partial charge in [0, 0.05) is 18.7 Å². The Morgan fingerprint density at radius 1 is 1.10 bits per heavy atom. The zero-order valence-corrected chi connectivity index (χ0v) is 17.7. The smallest absolute Gasteiger partial charge is 0.246 e. The summed E-state index contributed by atoms with van der Waals surface area (Å²) in [6.45, 7) is 4.38. The molecule has 1 N–H and O–H groups in total. The Morgan fingerprint density at radius 2 is 1.83 bits per heavy atom. The number of carbonyl (C=O) groups excluding carboxylic acids is 2. The third-order valence-corrected chi connectivity index (χ3v) is 5.89. The molecular weight excluding hydrogens is 382 g/mol. The number of thiazole rings is 1. The van der Waals surface area contributed by atoms with Crippen molar-refractivity contribution in [2.24, 2.45) is 0 Å². The van der Waals surface area contributed by atoms with Crippen LogP contribution in [0, 0.1) is 0 Å². The van der Waals surface area contributed by atoms with Crippen molar-refractivity contribution in [2.45, 2.75) is 45.6 Å². The number of rotatable bonds is 9. The number of aromatic nitrogens is 1. The molecule has 0 bridgehead atoms. The average Bonchev–Trinajstić information content (AvgIpc) is 3.15. The minimum atomic E-state index is -0.509. The van der Waals surface area contributed by atoms with Gasteiger partial charge < -0.3 is 10.2 Å². The van der Waals surface area contributed by atoms with E-state index >= 15 is 0 Å². The molecule has 0 aliphatic rings. The number of amides is 2. The highest BCUT2D eigenvalue weighted by atomic mass is 32.1. The molecule has 1 atom stereocenters. The van der Waals surface area contributed by atoms with Crippen LogP contribution >= 0.6 is 11.3 Å². The number of benzene rings is 2.